The summed E-state index contributed by atoms with van der Waals surface area (Å²) in [6.07, 6.45) is 3.82. The highest BCUT2D eigenvalue weighted by atomic mass is 16.6. The van der Waals surface area contributed by atoms with Gasteiger partial charge in [-0.1, -0.05) is 67.1 Å². The van der Waals surface area contributed by atoms with Gasteiger partial charge < -0.3 is 10.2 Å². The minimum atomic E-state index is -0.293. The summed E-state index contributed by atoms with van der Waals surface area (Å²) in [6.45, 7) is 4.19. The molecule has 5 rings (SSSR count). The van der Waals surface area contributed by atoms with Crippen LogP contribution >= 0.6 is 0 Å². The summed E-state index contributed by atoms with van der Waals surface area (Å²) in [5, 5.41) is 15.4. The predicted molar refractivity (Wildman–Crippen MR) is 133 cm³/mol. The average molecular weight is 443 g/mol. The second-order valence-electron chi connectivity index (χ2n) is 8.99. The molecule has 0 bridgehead atoms. The van der Waals surface area contributed by atoms with Crippen LogP contribution in [0.2, 0.25) is 0 Å². The highest BCUT2D eigenvalue weighted by molar-refractivity contribution is 5.70. The molecule has 6 heteroatoms. The Bertz CT molecular complexity index is 1050. The summed E-state index contributed by atoms with van der Waals surface area (Å²) in [4.78, 5) is 16.6. The Kier molecular flexibility index (Phi) is 6.26. The summed E-state index contributed by atoms with van der Waals surface area (Å²) in [5.41, 5.74) is 3.85. The molecule has 2 aliphatic rings. The Morgan fingerprint density at radius 3 is 2.24 bits per heavy atom. The molecule has 0 aromatic heterocycles. The Hall–Kier alpha value is -3.38. The van der Waals surface area contributed by atoms with E-state index >= 15 is 0 Å². The van der Waals surface area contributed by atoms with E-state index in [-0.39, 0.29) is 16.7 Å². The van der Waals surface area contributed by atoms with Gasteiger partial charge in [0.25, 0.3) is 5.69 Å². The lowest BCUT2D eigenvalue weighted by Gasteiger charge is -2.45. The lowest BCUT2D eigenvalue weighted by atomic mass is 9.98. The minimum absolute atomic E-state index is 0.104. The van der Waals surface area contributed by atoms with Crippen molar-refractivity contribution in [3.05, 3.63) is 100 Å². The molecule has 0 spiro atoms. The number of rotatable bonds is 6. The van der Waals surface area contributed by atoms with Crippen LogP contribution in [0.1, 0.15) is 36.4 Å². The van der Waals surface area contributed by atoms with Gasteiger partial charge in [-0.05, 0) is 42.6 Å². The quantitative estimate of drug-likeness (QED) is 0.405. The first-order valence-electron chi connectivity index (χ1n) is 11.8. The van der Waals surface area contributed by atoms with Crippen LogP contribution < -0.4 is 10.2 Å². The highest BCUT2D eigenvalue weighted by Gasteiger charge is 2.30. The number of benzene rings is 3. The van der Waals surface area contributed by atoms with E-state index in [1.54, 1.807) is 6.07 Å². The van der Waals surface area contributed by atoms with E-state index in [0.29, 0.717) is 11.7 Å². The molecule has 170 valence electrons. The molecule has 2 fully saturated rings. The molecule has 2 heterocycles. The van der Waals surface area contributed by atoms with Crippen molar-refractivity contribution in [2.45, 2.75) is 31.3 Å². The number of nitro benzene ring substituents is 1. The molecule has 33 heavy (non-hydrogen) atoms. The van der Waals surface area contributed by atoms with Crippen molar-refractivity contribution in [2.24, 2.45) is 0 Å². The number of piperazine rings is 1. The summed E-state index contributed by atoms with van der Waals surface area (Å²) < 4.78 is 0. The van der Waals surface area contributed by atoms with Crippen molar-refractivity contribution in [3.8, 4) is 0 Å². The molecule has 1 atom stereocenters. The third-order valence-electron chi connectivity index (χ3n) is 6.94. The van der Waals surface area contributed by atoms with Gasteiger partial charge in [0.15, 0.2) is 0 Å². The number of piperidine rings is 1. The molecule has 1 unspecified atom stereocenters. The minimum Gasteiger partial charge on any atom is -0.369 e. The third-order valence-corrected chi connectivity index (χ3v) is 6.94. The molecule has 0 aliphatic carbocycles. The van der Waals surface area contributed by atoms with E-state index in [2.05, 4.69) is 39.4 Å². The van der Waals surface area contributed by atoms with Gasteiger partial charge in [0.2, 0.25) is 0 Å². The lowest BCUT2D eigenvalue weighted by molar-refractivity contribution is -0.384. The Labute approximate surface area is 195 Å². The fourth-order valence-electron chi connectivity index (χ4n) is 5.19. The Morgan fingerprint density at radius 2 is 1.58 bits per heavy atom. The number of nitrogens with zero attached hydrogens (tertiary/aromatic N) is 3. The second kappa shape index (κ2) is 9.63. The van der Waals surface area contributed by atoms with Gasteiger partial charge in [0.1, 0.15) is 5.69 Å². The maximum absolute atomic E-state index is 11.9. The molecule has 6 nitrogen and oxygen atoms in total. The normalized spacial score (nSPS) is 18.7. The van der Waals surface area contributed by atoms with E-state index in [4.69, 9.17) is 0 Å². The third kappa shape index (κ3) is 4.71. The van der Waals surface area contributed by atoms with Crippen molar-refractivity contribution < 1.29 is 4.92 Å². The van der Waals surface area contributed by atoms with Gasteiger partial charge in [-0.3, -0.25) is 15.0 Å². The highest BCUT2D eigenvalue weighted by Crippen LogP contribution is 2.35. The first kappa shape index (κ1) is 21.5. The van der Waals surface area contributed by atoms with E-state index < -0.39 is 0 Å². The molecule has 0 amide bonds. The lowest BCUT2D eigenvalue weighted by Crippen LogP contribution is -2.54. The zero-order chi connectivity index (χ0) is 22.6. The van der Waals surface area contributed by atoms with E-state index in [1.807, 2.05) is 48.5 Å². The topological polar surface area (TPSA) is 61.7 Å². The summed E-state index contributed by atoms with van der Waals surface area (Å²) in [6, 6.07) is 26.1. The van der Waals surface area contributed by atoms with Gasteiger partial charge in [0.05, 0.1) is 11.0 Å². The summed E-state index contributed by atoms with van der Waals surface area (Å²) >= 11 is 0. The number of anilines is 2. The SMILES string of the molecule is O=[N+]([O-])c1ccc(N2CCN3CCCCC3C2)cc1NC(c1ccccc1)c1ccccc1. The summed E-state index contributed by atoms with van der Waals surface area (Å²) in [5.74, 6) is 0. The molecular weight excluding hydrogens is 412 g/mol. The van der Waals surface area contributed by atoms with Crippen LogP contribution in [0.4, 0.5) is 17.1 Å². The molecule has 3 aromatic carbocycles. The number of hydrogen-bond acceptors (Lipinski definition) is 5. The van der Waals surface area contributed by atoms with E-state index in [0.717, 1.165) is 36.4 Å². The predicted octanol–water partition coefficient (Wildman–Crippen LogP) is 5.47. The largest absolute Gasteiger partial charge is 0.369 e. The summed E-state index contributed by atoms with van der Waals surface area (Å²) in [7, 11) is 0. The van der Waals surface area contributed by atoms with Gasteiger partial charge in [0, 0.05) is 37.4 Å². The maximum Gasteiger partial charge on any atom is 0.292 e. The van der Waals surface area contributed by atoms with Crippen LogP contribution in [0, 0.1) is 10.1 Å². The van der Waals surface area contributed by atoms with Crippen LogP contribution in [0.15, 0.2) is 78.9 Å². The molecule has 0 radical (unpaired) electrons. The monoisotopic (exact) mass is 442 g/mol. The maximum atomic E-state index is 11.9. The van der Waals surface area contributed by atoms with Crippen LogP contribution in [0.3, 0.4) is 0 Å². The number of nitro groups is 1. The zero-order valence-corrected chi connectivity index (χ0v) is 18.8. The molecule has 1 N–H and O–H groups in total. The van der Waals surface area contributed by atoms with Crippen molar-refractivity contribution in [1.82, 2.24) is 4.90 Å². The van der Waals surface area contributed by atoms with E-state index in [9.17, 15) is 10.1 Å². The van der Waals surface area contributed by atoms with Gasteiger partial charge >= 0.3 is 0 Å². The molecule has 2 aliphatic heterocycles. The first-order valence-corrected chi connectivity index (χ1v) is 11.8. The van der Waals surface area contributed by atoms with Crippen LogP contribution in [-0.4, -0.2) is 42.0 Å². The number of hydrogen-bond donors (Lipinski definition) is 1. The van der Waals surface area contributed by atoms with Gasteiger partial charge in [-0.15, -0.1) is 0 Å². The van der Waals surface area contributed by atoms with Crippen LogP contribution in [0.5, 0.6) is 0 Å². The van der Waals surface area contributed by atoms with Gasteiger partial charge in [-0.25, -0.2) is 0 Å². The van der Waals surface area contributed by atoms with Crippen molar-refractivity contribution in [1.29, 1.82) is 0 Å². The fourth-order valence-corrected chi connectivity index (χ4v) is 5.19. The van der Waals surface area contributed by atoms with Crippen molar-refractivity contribution in [3.63, 3.8) is 0 Å². The number of nitrogens with one attached hydrogen (secondary N) is 1. The smallest absolute Gasteiger partial charge is 0.292 e. The van der Waals surface area contributed by atoms with Crippen LogP contribution in [0.25, 0.3) is 0 Å². The molecule has 2 saturated heterocycles. The zero-order valence-electron chi connectivity index (χ0n) is 18.8. The number of fused-ring (bicyclic) bond motifs is 1. The van der Waals surface area contributed by atoms with Crippen LogP contribution in [-0.2, 0) is 0 Å². The van der Waals surface area contributed by atoms with Crippen molar-refractivity contribution >= 4 is 17.1 Å². The second-order valence-corrected chi connectivity index (χ2v) is 8.99. The van der Waals surface area contributed by atoms with Crippen molar-refractivity contribution in [2.75, 3.05) is 36.4 Å². The Morgan fingerprint density at radius 1 is 0.879 bits per heavy atom. The average Bonchev–Trinajstić information content (AvgIpc) is 2.88. The first-order chi connectivity index (χ1) is 16.2. The molecule has 3 aromatic rings. The standard InChI is InChI=1S/C27H30N4O2/c32-31(33)26-15-14-23(30-18-17-29-16-8-7-13-24(29)20-30)19-25(26)28-27(21-9-3-1-4-10-21)22-11-5-2-6-12-22/h1-6,9-12,14-15,19,24,27-28H,7-8,13,16-18,20H2. The molecule has 0 saturated carbocycles. The van der Waals surface area contributed by atoms with Gasteiger partial charge in [-0.2, -0.15) is 0 Å². The fraction of sp³-hybridized carbons (Fsp3) is 0.333. The Balaban J connectivity index is 1.47. The van der Waals surface area contributed by atoms with E-state index in [1.165, 1.54) is 25.8 Å². The molecular formula is C27H30N4O2.